The van der Waals surface area contributed by atoms with Gasteiger partial charge < -0.3 is 15.2 Å². The molecule has 1 heterocycles. The highest BCUT2D eigenvalue weighted by Crippen LogP contribution is 2.20. The SMILES string of the molecule is CC1(NCC(O)c2ccc(F)cc2)CCCOC1. The van der Waals surface area contributed by atoms with E-state index in [1.165, 1.54) is 12.1 Å². The number of aliphatic hydroxyl groups is 1. The highest BCUT2D eigenvalue weighted by molar-refractivity contribution is 5.18. The third kappa shape index (κ3) is 3.51. The molecule has 1 aliphatic heterocycles. The van der Waals surface area contributed by atoms with Gasteiger partial charge in [-0.15, -0.1) is 0 Å². The zero-order valence-electron chi connectivity index (χ0n) is 10.7. The molecule has 0 radical (unpaired) electrons. The summed E-state index contributed by atoms with van der Waals surface area (Å²) in [5.41, 5.74) is 0.656. The van der Waals surface area contributed by atoms with E-state index in [0.29, 0.717) is 13.2 Å². The Morgan fingerprint density at radius 2 is 2.17 bits per heavy atom. The van der Waals surface area contributed by atoms with Crippen molar-refractivity contribution in [2.24, 2.45) is 0 Å². The van der Waals surface area contributed by atoms with Gasteiger partial charge in [-0.05, 0) is 37.5 Å². The minimum Gasteiger partial charge on any atom is -0.387 e. The Morgan fingerprint density at radius 3 is 2.78 bits per heavy atom. The first-order chi connectivity index (χ1) is 8.59. The lowest BCUT2D eigenvalue weighted by Crippen LogP contribution is -2.50. The topological polar surface area (TPSA) is 41.5 Å². The van der Waals surface area contributed by atoms with Crippen molar-refractivity contribution < 1.29 is 14.2 Å². The van der Waals surface area contributed by atoms with E-state index in [2.05, 4.69) is 12.2 Å². The molecule has 2 N–H and O–H groups in total. The Kier molecular flexibility index (Phi) is 4.32. The van der Waals surface area contributed by atoms with E-state index < -0.39 is 6.10 Å². The van der Waals surface area contributed by atoms with E-state index in [-0.39, 0.29) is 11.4 Å². The maximum atomic E-state index is 12.8. The summed E-state index contributed by atoms with van der Waals surface area (Å²) in [5.74, 6) is -0.286. The van der Waals surface area contributed by atoms with Crippen LogP contribution < -0.4 is 5.32 Å². The van der Waals surface area contributed by atoms with Crippen LogP contribution in [-0.2, 0) is 4.74 Å². The van der Waals surface area contributed by atoms with Gasteiger partial charge in [-0.1, -0.05) is 12.1 Å². The fraction of sp³-hybridized carbons (Fsp3) is 0.571. The second-order valence-corrected chi connectivity index (χ2v) is 5.17. The Morgan fingerprint density at radius 1 is 1.44 bits per heavy atom. The highest BCUT2D eigenvalue weighted by Gasteiger charge is 2.27. The quantitative estimate of drug-likeness (QED) is 0.862. The maximum Gasteiger partial charge on any atom is 0.123 e. The van der Waals surface area contributed by atoms with Crippen LogP contribution >= 0.6 is 0 Å². The van der Waals surface area contributed by atoms with Crippen molar-refractivity contribution in [1.82, 2.24) is 5.32 Å². The summed E-state index contributed by atoms with van der Waals surface area (Å²) in [4.78, 5) is 0. The predicted molar refractivity (Wildman–Crippen MR) is 67.8 cm³/mol. The highest BCUT2D eigenvalue weighted by atomic mass is 19.1. The van der Waals surface area contributed by atoms with Gasteiger partial charge in [-0.25, -0.2) is 4.39 Å². The molecule has 18 heavy (non-hydrogen) atoms. The molecule has 1 saturated heterocycles. The van der Waals surface area contributed by atoms with Crippen LogP contribution in [-0.4, -0.2) is 30.4 Å². The number of nitrogens with one attached hydrogen (secondary N) is 1. The first kappa shape index (κ1) is 13.5. The number of β-amino-alcohol motifs (C(OH)–C–C–N with tert-alkyl or cyclic N) is 1. The first-order valence-corrected chi connectivity index (χ1v) is 6.35. The zero-order chi connectivity index (χ0) is 13.0. The van der Waals surface area contributed by atoms with Crippen LogP contribution in [0.15, 0.2) is 24.3 Å². The van der Waals surface area contributed by atoms with Crippen molar-refractivity contribution in [2.75, 3.05) is 19.8 Å². The number of ether oxygens (including phenoxy) is 1. The van der Waals surface area contributed by atoms with Gasteiger partial charge in [0.25, 0.3) is 0 Å². The lowest BCUT2D eigenvalue weighted by atomic mass is 9.94. The first-order valence-electron chi connectivity index (χ1n) is 6.35. The summed E-state index contributed by atoms with van der Waals surface area (Å²) in [7, 11) is 0. The van der Waals surface area contributed by atoms with Gasteiger partial charge >= 0.3 is 0 Å². The summed E-state index contributed by atoms with van der Waals surface area (Å²) >= 11 is 0. The predicted octanol–water partition coefficient (Wildman–Crippen LogP) is 2.02. The molecule has 1 aliphatic rings. The van der Waals surface area contributed by atoms with Gasteiger partial charge in [0.2, 0.25) is 0 Å². The van der Waals surface area contributed by atoms with Gasteiger partial charge in [0.1, 0.15) is 5.82 Å². The maximum absolute atomic E-state index is 12.8. The van der Waals surface area contributed by atoms with E-state index >= 15 is 0 Å². The average Bonchev–Trinajstić information content (AvgIpc) is 2.38. The largest absolute Gasteiger partial charge is 0.387 e. The Hall–Kier alpha value is -0.970. The molecule has 3 nitrogen and oxygen atoms in total. The number of benzene rings is 1. The van der Waals surface area contributed by atoms with Crippen molar-refractivity contribution >= 4 is 0 Å². The summed E-state index contributed by atoms with van der Waals surface area (Å²) in [6.07, 6.45) is 1.46. The zero-order valence-corrected chi connectivity index (χ0v) is 10.7. The number of aliphatic hydroxyl groups excluding tert-OH is 1. The van der Waals surface area contributed by atoms with Gasteiger partial charge in [-0.2, -0.15) is 0 Å². The minimum absolute atomic E-state index is 0.0702. The van der Waals surface area contributed by atoms with Crippen LogP contribution in [0.2, 0.25) is 0 Å². The van der Waals surface area contributed by atoms with Gasteiger partial charge in [0.05, 0.1) is 12.7 Å². The molecule has 0 amide bonds. The van der Waals surface area contributed by atoms with Gasteiger partial charge in [0, 0.05) is 18.7 Å². The number of halogens is 1. The van der Waals surface area contributed by atoms with Crippen LogP contribution in [0.25, 0.3) is 0 Å². The molecule has 100 valence electrons. The molecule has 0 aliphatic carbocycles. The monoisotopic (exact) mass is 253 g/mol. The van der Waals surface area contributed by atoms with Crippen molar-refractivity contribution in [1.29, 1.82) is 0 Å². The van der Waals surface area contributed by atoms with Crippen LogP contribution in [0.4, 0.5) is 4.39 Å². The molecule has 1 fully saturated rings. The van der Waals surface area contributed by atoms with Crippen LogP contribution in [0.5, 0.6) is 0 Å². The molecule has 0 spiro atoms. The van der Waals surface area contributed by atoms with E-state index in [1.807, 2.05) is 0 Å². The smallest absolute Gasteiger partial charge is 0.123 e. The fourth-order valence-corrected chi connectivity index (χ4v) is 2.22. The Labute approximate surface area is 107 Å². The second kappa shape index (κ2) is 5.78. The molecule has 2 atom stereocenters. The van der Waals surface area contributed by atoms with Crippen molar-refractivity contribution in [3.63, 3.8) is 0 Å². The molecule has 0 aromatic heterocycles. The molecule has 2 rings (SSSR count). The normalized spacial score (nSPS) is 25.9. The molecule has 0 saturated carbocycles. The Bertz CT molecular complexity index is 374. The Balaban J connectivity index is 1.87. The molecule has 2 unspecified atom stereocenters. The van der Waals surface area contributed by atoms with E-state index in [1.54, 1.807) is 12.1 Å². The fourth-order valence-electron chi connectivity index (χ4n) is 2.22. The standard InChI is InChI=1S/C14H20FNO2/c1-14(7-2-8-18-10-14)16-9-13(17)11-3-5-12(15)6-4-11/h3-6,13,16-17H,2,7-10H2,1H3. The summed E-state index contributed by atoms with van der Waals surface area (Å²) in [5, 5.41) is 13.4. The van der Waals surface area contributed by atoms with Gasteiger partial charge in [0.15, 0.2) is 0 Å². The average molecular weight is 253 g/mol. The molecule has 4 heteroatoms. The lowest BCUT2D eigenvalue weighted by Gasteiger charge is -2.35. The third-order valence-corrected chi connectivity index (χ3v) is 3.41. The number of rotatable bonds is 4. The van der Waals surface area contributed by atoms with E-state index in [0.717, 1.165) is 25.0 Å². The molecule has 0 bridgehead atoms. The van der Waals surface area contributed by atoms with Crippen molar-refractivity contribution in [2.45, 2.75) is 31.4 Å². The number of hydrogen-bond acceptors (Lipinski definition) is 3. The number of hydrogen-bond donors (Lipinski definition) is 2. The summed E-state index contributed by atoms with van der Waals surface area (Å²) in [6.45, 7) is 4.04. The second-order valence-electron chi connectivity index (χ2n) is 5.17. The van der Waals surface area contributed by atoms with Crippen LogP contribution in [0.3, 0.4) is 0 Å². The van der Waals surface area contributed by atoms with Crippen LogP contribution in [0.1, 0.15) is 31.4 Å². The molecule has 1 aromatic rings. The van der Waals surface area contributed by atoms with Crippen LogP contribution in [0, 0.1) is 5.82 Å². The van der Waals surface area contributed by atoms with Gasteiger partial charge in [-0.3, -0.25) is 0 Å². The van der Waals surface area contributed by atoms with E-state index in [9.17, 15) is 9.50 Å². The molecular formula is C14H20FNO2. The van der Waals surface area contributed by atoms with Crippen molar-refractivity contribution in [3.05, 3.63) is 35.6 Å². The van der Waals surface area contributed by atoms with Crippen molar-refractivity contribution in [3.8, 4) is 0 Å². The third-order valence-electron chi connectivity index (χ3n) is 3.41. The summed E-state index contributed by atoms with van der Waals surface area (Å²) in [6, 6.07) is 5.96. The lowest BCUT2D eigenvalue weighted by molar-refractivity contribution is 0.0221. The molecule has 1 aromatic carbocycles. The summed E-state index contributed by atoms with van der Waals surface area (Å²) < 4.78 is 18.2. The minimum atomic E-state index is -0.621. The molecular weight excluding hydrogens is 233 g/mol. The van der Waals surface area contributed by atoms with E-state index in [4.69, 9.17) is 4.74 Å².